The average molecular weight is 405 g/mol. The first kappa shape index (κ1) is 20.1. The van der Waals surface area contributed by atoms with Crippen molar-refractivity contribution < 1.29 is 9.32 Å². The molecule has 6 heteroatoms. The maximum absolute atomic E-state index is 12.9. The lowest BCUT2D eigenvalue weighted by molar-refractivity contribution is -0.135. The second kappa shape index (κ2) is 8.69. The maximum atomic E-state index is 12.9. The van der Waals surface area contributed by atoms with Crippen LogP contribution in [0, 0.1) is 19.8 Å². The van der Waals surface area contributed by atoms with E-state index in [1.54, 1.807) is 4.90 Å². The van der Waals surface area contributed by atoms with Gasteiger partial charge in [-0.1, -0.05) is 46.6 Å². The fourth-order valence-corrected chi connectivity index (χ4v) is 3.95. The van der Waals surface area contributed by atoms with Crippen molar-refractivity contribution in [1.29, 1.82) is 0 Å². The van der Waals surface area contributed by atoms with Gasteiger partial charge in [-0.25, -0.2) is 0 Å². The SMILES string of the molecule is Cc1ccc(N2CCC(C(=O)N(C)Cc3nc(-c4cccc(C)c4)no3)CC2)cc1. The van der Waals surface area contributed by atoms with Gasteiger partial charge in [0.25, 0.3) is 0 Å². The molecule has 2 heterocycles. The highest BCUT2D eigenvalue weighted by atomic mass is 16.5. The van der Waals surface area contributed by atoms with Crippen LogP contribution in [0.15, 0.2) is 53.1 Å². The molecule has 0 bridgehead atoms. The summed E-state index contributed by atoms with van der Waals surface area (Å²) in [5, 5.41) is 4.07. The normalized spacial score (nSPS) is 14.7. The molecule has 0 spiro atoms. The number of rotatable bonds is 5. The minimum atomic E-state index is 0.0378. The van der Waals surface area contributed by atoms with E-state index < -0.39 is 0 Å². The van der Waals surface area contributed by atoms with Gasteiger partial charge < -0.3 is 14.3 Å². The molecule has 0 unspecified atom stereocenters. The van der Waals surface area contributed by atoms with E-state index in [-0.39, 0.29) is 11.8 Å². The molecular weight excluding hydrogens is 376 g/mol. The van der Waals surface area contributed by atoms with E-state index in [4.69, 9.17) is 4.52 Å². The van der Waals surface area contributed by atoms with Crippen molar-refractivity contribution in [3.63, 3.8) is 0 Å². The van der Waals surface area contributed by atoms with Gasteiger partial charge in [-0.3, -0.25) is 4.79 Å². The maximum Gasteiger partial charge on any atom is 0.246 e. The summed E-state index contributed by atoms with van der Waals surface area (Å²) in [6.07, 6.45) is 1.71. The summed E-state index contributed by atoms with van der Waals surface area (Å²) < 4.78 is 5.39. The number of aryl methyl sites for hydroxylation is 2. The fourth-order valence-electron chi connectivity index (χ4n) is 3.95. The Kier molecular flexibility index (Phi) is 5.84. The highest BCUT2D eigenvalue weighted by molar-refractivity contribution is 5.78. The zero-order valence-electron chi connectivity index (χ0n) is 17.8. The largest absolute Gasteiger partial charge is 0.371 e. The first-order valence-electron chi connectivity index (χ1n) is 10.5. The number of amides is 1. The van der Waals surface area contributed by atoms with Gasteiger partial charge in [-0.15, -0.1) is 0 Å². The van der Waals surface area contributed by atoms with Gasteiger partial charge in [0, 0.05) is 37.3 Å². The quantitative estimate of drug-likeness (QED) is 0.637. The standard InChI is InChI=1S/C24H28N4O2/c1-17-7-9-21(10-8-17)28-13-11-19(12-14-28)24(29)27(3)16-22-25-23(26-30-22)20-6-4-5-18(2)15-20/h4-10,15,19H,11-14,16H2,1-3H3. The summed E-state index contributed by atoms with van der Waals surface area (Å²) >= 11 is 0. The van der Waals surface area contributed by atoms with Crippen LogP contribution < -0.4 is 4.90 Å². The first-order chi connectivity index (χ1) is 14.5. The molecule has 0 N–H and O–H groups in total. The molecule has 0 saturated carbocycles. The number of carbonyl (C=O) groups excluding carboxylic acids is 1. The second-order valence-electron chi connectivity index (χ2n) is 8.17. The second-order valence-corrected chi connectivity index (χ2v) is 8.17. The Morgan fingerprint density at radius 1 is 1.10 bits per heavy atom. The third-order valence-electron chi connectivity index (χ3n) is 5.74. The highest BCUT2D eigenvalue weighted by Crippen LogP contribution is 2.25. The lowest BCUT2D eigenvalue weighted by Gasteiger charge is -2.34. The number of carbonyl (C=O) groups is 1. The van der Waals surface area contributed by atoms with Gasteiger partial charge in [0.15, 0.2) is 0 Å². The molecule has 1 saturated heterocycles. The van der Waals surface area contributed by atoms with E-state index in [0.717, 1.165) is 37.1 Å². The number of benzene rings is 2. The minimum absolute atomic E-state index is 0.0378. The van der Waals surface area contributed by atoms with E-state index >= 15 is 0 Å². The van der Waals surface area contributed by atoms with Crippen molar-refractivity contribution in [3.05, 3.63) is 65.5 Å². The average Bonchev–Trinajstić information content (AvgIpc) is 3.22. The van der Waals surface area contributed by atoms with Crippen molar-refractivity contribution >= 4 is 11.6 Å². The summed E-state index contributed by atoms with van der Waals surface area (Å²) in [5.41, 5.74) is 4.55. The van der Waals surface area contributed by atoms with Crippen molar-refractivity contribution in [2.75, 3.05) is 25.0 Å². The van der Waals surface area contributed by atoms with Gasteiger partial charge in [-0.2, -0.15) is 4.98 Å². The van der Waals surface area contributed by atoms with Crippen molar-refractivity contribution in [2.45, 2.75) is 33.2 Å². The molecule has 1 aromatic heterocycles. The monoisotopic (exact) mass is 404 g/mol. The number of nitrogens with zero attached hydrogens (tertiary/aromatic N) is 4. The highest BCUT2D eigenvalue weighted by Gasteiger charge is 2.28. The molecule has 0 atom stereocenters. The summed E-state index contributed by atoms with van der Waals surface area (Å²) in [4.78, 5) is 21.5. The van der Waals surface area contributed by atoms with Crippen LogP contribution in [0.5, 0.6) is 0 Å². The number of hydrogen-bond acceptors (Lipinski definition) is 5. The molecule has 0 aliphatic carbocycles. The Morgan fingerprint density at radius 2 is 1.83 bits per heavy atom. The van der Waals surface area contributed by atoms with Gasteiger partial charge >= 0.3 is 0 Å². The summed E-state index contributed by atoms with van der Waals surface area (Å²) in [5.74, 6) is 1.20. The summed E-state index contributed by atoms with van der Waals surface area (Å²) in [6.45, 7) is 6.24. The zero-order valence-corrected chi connectivity index (χ0v) is 17.8. The van der Waals surface area contributed by atoms with E-state index in [9.17, 15) is 4.79 Å². The van der Waals surface area contributed by atoms with Gasteiger partial charge in [0.1, 0.15) is 0 Å². The van der Waals surface area contributed by atoms with Crippen LogP contribution in [0.3, 0.4) is 0 Å². The minimum Gasteiger partial charge on any atom is -0.371 e. The van der Waals surface area contributed by atoms with Crippen LogP contribution in [0.4, 0.5) is 5.69 Å². The number of anilines is 1. The van der Waals surface area contributed by atoms with E-state index in [2.05, 4.69) is 46.2 Å². The summed E-state index contributed by atoms with van der Waals surface area (Å²) in [7, 11) is 1.81. The Morgan fingerprint density at radius 3 is 2.53 bits per heavy atom. The smallest absolute Gasteiger partial charge is 0.246 e. The number of aromatic nitrogens is 2. The Balaban J connectivity index is 1.33. The van der Waals surface area contributed by atoms with Gasteiger partial charge in [-0.05, 0) is 44.9 Å². The van der Waals surface area contributed by atoms with E-state index in [0.29, 0.717) is 18.3 Å². The molecule has 4 rings (SSSR count). The van der Waals surface area contributed by atoms with Gasteiger partial charge in [0.2, 0.25) is 17.6 Å². The predicted molar refractivity (Wildman–Crippen MR) is 117 cm³/mol. The Hall–Kier alpha value is -3.15. The topological polar surface area (TPSA) is 62.5 Å². The van der Waals surface area contributed by atoms with Crippen LogP contribution in [-0.4, -0.2) is 41.1 Å². The van der Waals surface area contributed by atoms with Crippen LogP contribution in [0.2, 0.25) is 0 Å². The molecule has 1 aliphatic rings. The zero-order chi connectivity index (χ0) is 21.1. The third-order valence-corrected chi connectivity index (χ3v) is 5.74. The lowest BCUT2D eigenvalue weighted by Crippen LogP contribution is -2.41. The Bertz CT molecular complexity index is 1000. The van der Waals surface area contributed by atoms with Crippen molar-refractivity contribution in [2.24, 2.45) is 5.92 Å². The summed E-state index contributed by atoms with van der Waals surface area (Å²) in [6, 6.07) is 16.6. The van der Waals surface area contributed by atoms with Crippen LogP contribution in [0.25, 0.3) is 11.4 Å². The Labute approximate surface area is 177 Å². The van der Waals surface area contributed by atoms with E-state index in [1.165, 1.54) is 11.3 Å². The number of hydrogen-bond donors (Lipinski definition) is 0. The number of piperidine rings is 1. The molecule has 3 aromatic rings. The molecule has 2 aromatic carbocycles. The molecule has 6 nitrogen and oxygen atoms in total. The molecular formula is C24H28N4O2. The lowest BCUT2D eigenvalue weighted by atomic mass is 9.95. The fraction of sp³-hybridized carbons (Fsp3) is 0.375. The van der Waals surface area contributed by atoms with Crippen molar-refractivity contribution in [3.8, 4) is 11.4 Å². The van der Waals surface area contributed by atoms with Crippen LogP contribution in [0.1, 0.15) is 29.9 Å². The molecule has 1 aliphatic heterocycles. The van der Waals surface area contributed by atoms with Crippen LogP contribution >= 0.6 is 0 Å². The predicted octanol–water partition coefficient (Wildman–Crippen LogP) is 4.23. The van der Waals surface area contributed by atoms with Gasteiger partial charge in [0.05, 0.1) is 6.54 Å². The molecule has 30 heavy (non-hydrogen) atoms. The molecule has 0 radical (unpaired) electrons. The van der Waals surface area contributed by atoms with Crippen LogP contribution in [-0.2, 0) is 11.3 Å². The molecule has 1 fully saturated rings. The van der Waals surface area contributed by atoms with Crippen molar-refractivity contribution in [1.82, 2.24) is 15.0 Å². The molecule has 1 amide bonds. The van der Waals surface area contributed by atoms with E-state index in [1.807, 2.05) is 38.2 Å². The molecule has 156 valence electrons. The third kappa shape index (κ3) is 4.53. The first-order valence-corrected chi connectivity index (χ1v) is 10.5.